The molecule has 1 amide bonds. The minimum Gasteiger partial charge on any atom is -0.478 e. The first-order valence-electron chi connectivity index (χ1n) is 5.94. The smallest absolute Gasteiger partial charge is 0.412 e. The summed E-state index contributed by atoms with van der Waals surface area (Å²) in [6.07, 6.45) is -0.557. The number of aromatic carboxylic acids is 1. The van der Waals surface area contributed by atoms with Crippen LogP contribution in [0.1, 0.15) is 42.3 Å². The zero-order valence-electron chi connectivity index (χ0n) is 11.8. The summed E-state index contributed by atoms with van der Waals surface area (Å²) in [6.45, 7) is 8.75. The fourth-order valence-electron chi connectivity index (χ4n) is 1.59. The largest absolute Gasteiger partial charge is 0.478 e. The summed E-state index contributed by atoms with van der Waals surface area (Å²) < 4.78 is 5.15. The van der Waals surface area contributed by atoms with Crippen LogP contribution in [0.3, 0.4) is 0 Å². The van der Waals surface area contributed by atoms with Crippen molar-refractivity contribution in [2.75, 3.05) is 5.32 Å². The molecule has 104 valence electrons. The number of carboxylic acids is 1. The monoisotopic (exact) mass is 265 g/mol. The van der Waals surface area contributed by atoms with Crippen molar-refractivity contribution < 1.29 is 19.4 Å². The lowest BCUT2D eigenvalue weighted by Crippen LogP contribution is -2.27. The Morgan fingerprint density at radius 2 is 1.74 bits per heavy atom. The van der Waals surface area contributed by atoms with Crippen LogP contribution >= 0.6 is 0 Å². The minimum atomic E-state index is -0.982. The second-order valence-electron chi connectivity index (χ2n) is 5.41. The Morgan fingerprint density at radius 3 is 2.21 bits per heavy atom. The first-order chi connectivity index (χ1) is 8.60. The highest BCUT2D eigenvalue weighted by atomic mass is 16.6. The van der Waals surface area contributed by atoms with Gasteiger partial charge in [0, 0.05) is 5.69 Å². The Balaban J connectivity index is 2.95. The van der Waals surface area contributed by atoms with Gasteiger partial charge in [0.2, 0.25) is 0 Å². The van der Waals surface area contributed by atoms with Crippen LogP contribution in [-0.4, -0.2) is 22.8 Å². The highest BCUT2D eigenvalue weighted by molar-refractivity contribution is 5.92. The van der Waals surface area contributed by atoms with Crippen LogP contribution in [0.5, 0.6) is 0 Å². The first-order valence-corrected chi connectivity index (χ1v) is 5.94. The second kappa shape index (κ2) is 5.30. The van der Waals surface area contributed by atoms with E-state index in [1.165, 1.54) is 6.07 Å². The van der Waals surface area contributed by atoms with Crippen LogP contribution in [0.2, 0.25) is 0 Å². The number of carbonyl (C=O) groups is 2. The van der Waals surface area contributed by atoms with Gasteiger partial charge in [-0.2, -0.15) is 0 Å². The number of carbonyl (C=O) groups excluding carboxylic acids is 1. The van der Waals surface area contributed by atoms with E-state index in [2.05, 4.69) is 5.32 Å². The number of aryl methyl sites for hydroxylation is 2. The van der Waals surface area contributed by atoms with Crippen LogP contribution in [0.4, 0.5) is 10.5 Å². The number of amides is 1. The molecule has 5 nitrogen and oxygen atoms in total. The molecular weight excluding hydrogens is 246 g/mol. The van der Waals surface area contributed by atoms with Gasteiger partial charge in [-0.3, -0.25) is 5.32 Å². The average molecular weight is 265 g/mol. The molecule has 0 saturated heterocycles. The van der Waals surface area contributed by atoms with Crippen molar-refractivity contribution >= 4 is 17.7 Å². The summed E-state index contributed by atoms with van der Waals surface area (Å²) in [7, 11) is 0. The summed E-state index contributed by atoms with van der Waals surface area (Å²) in [5.74, 6) is -0.982. The molecule has 0 saturated carbocycles. The van der Waals surface area contributed by atoms with Crippen LogP contribution in [0.25, 0.3) is 0 Å². The predicted molar refractivity (Wildman–Crippen MR) is 72.7 cm³/mol. The molecule has 1 aromatic rings. The minimum absolute atomic E-state index is 0.229. The summed E-state index contributed by atoms with van der Waals surface area (Å²) in [5.41, 5.74) is 1.47. The van der Waals surface area contributed by atoms with Gasteiger partial charge in [0.15, 0.2) is 0 Å². The SMILES string of the molecule is Cc1cc(C(=O)O)c(C)cc1NC(=O)OC(C)(C)C. The van der Waals surface area contributed by atoms with Crippen molar-refractivity contribution in [1.82, 2.24) is 0 Å². The zero-order valence-corrected chi connectivity index (χ0v) is 11.8. The molecule has 0 unspecified atom stereocenters. The van der Waals surface area contributed by atoms with E-state index in [0.29, 0.717) is 16.8 Å². The summed E-state index contributed by atoms with van der Waals surface area (Å²) in [4.78, 5) is 22.6. The standard InChI is InChI=1S/C14H19NO4/c1-8-7-11(9(2)6-10(8)12(16)17)15-13(18)19-14(3,4)5/h6-7H,1-5H3,(H,15,18)(H,16,17). The zero-order chi connectivity index (χ0) is 14.8. The molecule has 0 heterocycles. The number of anilines is 1. The molecule has 0 aliphatic heterocycles. The number of carboxylic acid groups (broad SMARTS) is 1. The summed E-state index contributed by atoms with van der Waals surface area (Å²) in [5, 5.41) is 11.6. The summed E-state index contributed by atoms with van der Waals surface area (Å²) in [6, 6.07) is 3.16. The number of hydrogen-bond donors (Lipinski definition) is 2. The van der Waals surface area contributed by atoms with E-state index in [-0.39, 0.29) is 5.56 Å². The van der Waals surface area contributed by atoms with Crippen molar-refractivity contribution in [3.63, 3.8) is 0 Å². The van der Waals surface area contributed by atoms with Crippen LogP contribution in [0, 0.1) is 13.8 Å². The van der Waals surface area contributed by atoms with Crippen molar-refractivity contribution in [3.05, 3.63) is 28.8 Å². The van der Waals surface area contributed by atoms with Crippen LogP contribution in [0.15, 0.2) is 12.1 Å². The fourth-order valence-corrected chi connectivity index (χ4v) is 1.59. The lowest BCUT2D eigenvalue weighted by molar-refractivity contribution is 0.0634. The van der Waals surface area contributed by atoms with E-state index in [0.717, 1.165) is 0 Å². The average Bonchev–Trinajstić information content (AvgIpc) is 2.19. The van der Waals surface area contributed by atoms with Gasteiger partial charge in [-0.05, 0) is 57.9 Å². The van der Waals surface area contributed by atoms with E-state index in [4.69, 9.17) is 9.84 Å². The van der Waals surface area contributed by atoms with Gasteiger partial charge in [0.05, 0.1) is 5.56 Å². The lowest BCUT2D eigenvalue weighted by atomic mass is 10.0. The maximum atomic E-state index is 11.7. The maximum absolute atomic E-state index is 11.7. The number of rotatable bonds is 2. The number of hydrogen-bond acceptors (Lipinski definition) is 3. The quantitative estimate of drug-likeness (QED) is 0.859. The molecule has 5 heteroatoms. The third-order valence-electron chi connectivity index (χ3n) is 2.44. The van der Waals surface area contributed by atoms with Gasteiger partial charge in [-0.1, -0.05) is 0 Å². The molecule has 2 N–H and O–H groups in total. The van der Waals surface area contributed by atoms with Crippen LogP contribution in [-0.2, 0) is 4.74 Å². The summed E-state index contributed by atoms with van der Waals surface area (Å²) >= 11 is 0. The fraction of sp³-hybridized carbons (Fsp3) is 0.429. The Bertz CT molecular complexity index is 515. The molecule has 0 bridgehead atoms. The Kier molecular flexibility index (Phi) is 4.19. The Morgan fingerprint density at radius 1 is 1.16 bits per heavy atom. The van der Waals surface area contributed by atoms with E-state index in [1.807, 2.05) is 0 Å². The molecule has 1 aromatic carbocycles. The normalized spacial score (nSPS) is 11.0. The van der Waals surface area contributed by atoms with E-state index in [9.17, 15) is 9.59 Å². The molecule has 1 rings (SSSR count). The molecular formula is C14H19NO4. The van der Waals surface area contributed by atoms with Gasteiger partial charge < -0.3 is 9.84 Å². The third-order valence-corrected chi connectivity index (χ3v) is 2.44. The highest BCUT2D eigenvalue weighted by Gasteiger charge is 2.17. The number of ether oxygens (including phenoxy) is 1. The van der Waals surface area contributed by atoms with E-state index < -0.39 is 17.7 Å². The predicted octanol–water partition coefficient (Wildman–Crippen LogP) is 3.35. The van der Waals surface area contributed by atoms with Gasteiger partial charge in [0.25, 0.3) is 0 Å². The Labute approximate surface area is 112 Å². The number of nitrogens with one attached hydrogen (secondary N) is 1. The molecule has 0 aliphatic carbocycles. The molecule has 19 heavy (non-hydrogen) atoms. The molecule has 0 spiro atoms. The number of benzene rings is 1. The van der Waals surface area contributed by atoms with Gasteiger partial charge in [0.1, 0.15) is 5.60 Å². The maximum Gasteiger partial charge on any atom is 0.412 e. The van der Waals surface area contributed by atoms with E-state index >= 15 is 0 Å². The van der Waals surface area contributed by atoms with Crippen molar-refractivity contribution in [1.29, 1.82) is 0 Å². The van der Waals surface area contributed by atoms with Gasteiger partial charge in [-0.15, -0.1) is 0 Å². The second-order valence-corrected chi connectivity index (χ2v) is 5.41. The van der Waals surface area contributed by atoms with Gasteiger partial charge in [-0.25, -0.2) is 9.59 Å². The van der Waals surface area contributed by atoms with Crippen LogP contribution < -0.4 is 5.32 Å². The molecule has 0 aliphatic rings. The highest BCUT2D eigenvalue weighted by Crippen LogP contribution is 2.21. The Hall–Kier alpha value is -2.04. The lowest BCUT2D eigenvalue weighted by Gasteiger charge is -2.20. The first kappa shape index (κ1) is 15.0. The molecule has 0 radical (unpaired) electrons. The molecule has 0 atom stereocenters. The third kappa shape index (κ3) is 4.28. The molecule has 0 fully saturated rings. The molecule has 0 aromatic heterocycles. The van der Waals surface area contributed by atoms with Crippen molar-refractivity contribution in [2.45, 2.75) is 40.2 Å². The van der Waals surface area contributed by atoms with Crippen molar-refractivity contribution in [2.24, 2.45) is 0 Å². The topological polar surface area (TPSA) is 75.6 Å². The van der Waals surface area contributed by atoms with Gasteiger partial charge >= 0.3 is 12.1 Å². The van der Waals surface area contributed by atoms with Crippen molar-refractivity contribution in [3.8, 4) is 0 Å². The van der Waals surface area contributed by atoms with E-state index in [1.54, 1.807) is 40.7 Å².